The topological polar surface area (TPSA) is 78.4 Å². The van der Waals surface area contributed by atoms with Crippen molar-refractivity contribution in [1.29, 1.82) is 0 Å². The maximum Gasteiger partial charge on any atom is 0.320 e. The molecule has 0 fully saturated rings. The summed E-state index contributed by atoms with van der Waals surface area (Å²) in [5.74, 6) is -1.13. The van der Waals surface area contributed by atoms with Gasteiger partial charge in [-0.2, -0.15) is 0 Å². The van der Waals surface area contributed by atoms with Crippen molar-refractivity contribution in [1.82, 2.24) is 10.6 Å². The molecule has 3 N–H and O–H groups in total. The third-order valence-corrected chi connectivity index (χ3v) is 1.51. The first kappa shape index (κ1) is 11.9. The van der Waals surface area contributed by atoms with E-state index in [2.05, 4.69) is 10.6 Å². The number of carbonyl (C=O) groups is 2. The van der Waals surface area contributed by atoms with Crippen molar-refractivity contribution in [2.45, 2.75) is 26.3 Å². The molecule has 1 atom stereocenters. The Labute approximate surface area is 77.5 Å². The van der Waals surface area contributed by atoms with Gasteiger partial charge >= 0.3 is 5.97 Å². The van der Waals surface area contributed by atoms with Crippen LogP contribution in [0, 0.1) is 0 Å². The Bertz CT molecular complexity index is 182. The maximum atomic E-state index is 11.0. The molecule has 0 aromatic heterocycles. The highest BCUT2D eigenvalue weighted by atomic mass is 16.4. The summed E-state index contributed by atoms with van der Waals surface area (Å²) in [5, 5.41) is 13.7. The van der Waals surface area contributed by atoms with E-state index in [9.17, 15) is 9.59 Å². The van der Waals surface area contributed by atoms with Crippen LogP contribution < -0.4 is 10.6 Å². The van der Waals surface area contributed by atoms with E-state index in [-0.39, 0.29) is 12.5 Å². The second-order valence-corrected chi connectivity index (χ2v) is 2.79. The number of rotatable bonds is 6. The molecule has 13 heavy (non-hydrogen) atoms. The third-order valence-electron chi connectivity index (χ3n) is 1.51. The number of carbonyl (C=O) groups excluding carboxylic acids is 1. The Kier molecular flexibility index (Phi) is 5.88. The normalized spacial score (nSPS) is 12.2. The molecular weight excluding hydrogens is 172 g/mol. The summed E-state index contributed by atoms with van der Waals surface area (Å²) in [6, 6.07) is -0.688. The number of aliphatic carboxylic acids is 1. The van der Waals surface area contributed by atoms with Gasteiger partial charge in [-0.1, -0.05) is 6.92 Å². The van der Waals surface area contributed by atoms with Crippen LogP contribution in [0.1, 0.15) is 20.3 Å². The molecule has 0 bridgehead atoms. The average molecular weight is 188 g/mol. The summed E-state index contributed by atoms with van der Waals surface area (Å²) in [4.78, 5) is 21.3. The minimum absolute atomic E-state index is 0.0491. The van der Waals surface area contributed by atoms with E-state index in [1.165, 1.54) is 6.92 Å². The molecule has 0 aromatic carbocycles. The Morgan fingerprint density at radius 1 is 1.46 bits per heavy atom. The largest absolute Gasteiger partial charge is 0.480 e. The highest BCUT2D eigenvalue weighted by molar-refractivity contribution is 5.79. The monoisotopic (exact) mass is 188 g/mol. The van der Waals surface area contributed by atoms with Crippen molar-refractivity contribution >= 4 is 11.9 Å². The second kappa shape index (κ2) is 6.42. The summed E-state index contributed by atoms with van der Waals surface area (Å²) in [7, 11) is 0. The lowest BCUT2D eigenvalue weighted by Gasteiger charge is -2.08. The molecule has 0 spiro atoms. The molecule has 0 rings (SSSR count). The average Bonchev–Trinajstić information content (AvgIpc) is 2.10. The van der Waals surface area contributed by atoms with Crippen LogP contribution in [0.15, 0.2) is 0 Å². The fraction of sp³-hybridized carbons (Fsp3) is 0.750. The van der Waals surface area contributed by atoms with Gasteiger partial charge in [0.05, 0.1) is 6.54 Å². The highest BCUT2D eigenvalue weighted by Crippen LogP contribution is 1.79. The molecule has 5 nitrogen and oxygen atoms in total. The predicted molar refractivity (Wildman–Crippen MR) is 48.4 cm³/mol. The van der Waals surface area contributed by atoms with E-state index >= 15 is 0 Å². The molecule has 0 radical (unpaired) electrons. The zero-order valence-corrected chi connectivity index (χ0v) is 7.96. The van der Waals surface area contributed by atoms with E-state index < -0.39 is 12.0 Å². The molecule has 0 saturated heterocycles. The molecule has 76 valence electrons. The zero-order valence-electron chi connectivity index (χ0n) is 7.96. The molecule has 0 aliphatic rings. The van der Waals surface area contributed by atoms with Crippen LogP contribution in [0.5, 0.6) is 0 Å². The first-order valence-electron chi connectivity index (χ1n) is 4.30. The molecular formula is C8H16N2O3. The Balaban J connectivity index is 3.52. The molecule has 0 aromatic rings. The van der Waals surface area contributed by atoms with E-state index in [4.69, 9.17) is 5.11 Å². The van der Waals surface area contributed by atoms with Crippen LogP contribution in [0.2, 0.25) is 0 Å². The number of hydrogen-bond donors (Lipinski definition) is 3. The molecule has 0 aliphatic heterocycles. The lowest BCUT2D eigenvalue weighted by Crippen LogP contribution is -2.41. The van der Waals surface area contributed by atoms with Gasteiger partial charge in [0.2, 0.25) is 5.91 Å². The fourth-order valence-electron chi connectivity index (χ4n) is 0.660. The third kappa shape index (κ3) is 6.10. The quantitative estimate of drug-likeness (QED) is 0.529. The van der Waals surface area contributed by atoms with Gasteiger partial charge < -0.3 is 10.4 Å². The van der Waals surface area contributed by atoms with Crippen LogP contribution in [0.3, 0.4) is 0 Å². The van der Waals surface area contributed by atoms with Crippen molar-refractivity contribution in [3.05, 3.63) is 0 Å². The molecule has 1 amide bonds. The second-order valence-electron chi connectivity index (χ2n) is 2.79. The molecule has 5 heteroatoms. The first-order chi connectivity index (χ1) is 6.07. The van der Waals surface area contributed by atoms with Crippen molar-refractivity contribution in [3.63, 3.8) is 0 Å². The molecule has 0 aliphatic carbocycles. The number of nitrogens with one attached hydrogen (secondary N) is 2. The van der Waals surface area contributed by atoms with E-state index in [1.54, 1.807) is 0 Å². The van der Waals surface area contributed by atoms with Gasteiger partial charge in [-0.3, -0.25) is 14.9 Å². The summed E-state index contributed by atoms with van der Waals surface area (Å²) >= 11 is 0. The summed E-state index contributed by atoms with van der Waals surface area (Å²) < 4.78 is 0. The Hall–Kier alpha value is -1.10. The first-order valence-corrected chi connectivity index (χ1v) is 4.30. The highest BCUT2D eigenvalue weighted by Gasteiger charge is 2.10. The number of carboxylic acids is 1. The number of amides is 1. The minimum Gasteiger partial charge on any atom is -0.480 e. The maximum absolute atomic E-state index is 11.0. The zero-order chi connectivity index (χ0) is 10.3. The van der Waals surface area contributed by atoms with Gasteiger partial charge in [0.15, 0.2) is 0 Å². The van der Waals surface area contributed by atoms with Gasteiger partial charge in [-0.25, -0.2) is 0 Å². The number of hydrogen-bond acceptors (Lipinski definition) is 3. The van der Waals surface area contributed by atoms with Crippen molar-refractivity contribution in [3.8, 4) is 0 Å². The fourth-order valence-corrected chi connectivity index (χ4v) is 0.660. The SMILES string of the molecule is CCCNC(=O)CN[C@H](C)C(=O)O. The number of carboxylic acid groups (broad SMARTS) is 1. The van der Waals surface area contributed by atoms with Crippen LogP contribution in [-0.4, -0.2) is 36.1 Å². The summed E-state index contributed by atoms with van der Waals surface area (Å²) in [5.41, 5.74) is 0. The summed E-state index contributed by atoms with van der Waals surface area (Å²) in [6.45, 7) is 4.12. The lowest BCUT2D eigenvalue weighted by atomic mass is 10.3. The van der Waals surface area contributed by atoms with E-state index in [0.717, 1.165) is 6.42 Å². The van der Waals surface area contributed by atoms with Crippen LogP contribution in [0.4, 0.5) is 0 Å². The van der Waals surface area contributed by atoms with Crippen LogP contribution in [0.25, 0.3) is 0 Å². The standard InChI is InChI=1S/C8H16N2O3/c1-3-4-9-7(11)5-10-6(2)8(12)13/h6,10H,3-5H2,1-2H3,(H,9,11)(H,12,13)/t6-/m1/s1. The predicted octanol–water partition coefficient (Wildman–Crippen LogP) is -0.425. The van der Waals surface area contributed by atoms with Gasteiger partial charge in [-0.05, 0) is 13.3 Å². The molecule has 0 saturated carbocycles. The molecule has 0 unspecified atom stereocenters. The van der Waals surface area contributed by atoms with Gasteiger partial charge in [0.25, 0.3) is 0 Å². The van der Waals surface area contributed by atoms with Gasteiger partial charge in [0, 0.05) is 6.54 Å². The van der Waals surface area contributed by atoms with E-state index in [0.29, 0.717) is 6.54 Å². The van der Waals surface area contributed by atoms with Crippen molar-refractivity contribution < 1.29 is 14.7 Å². The lowest BCUT2D eigenvalue weighted by molar-refractivity contribution is -0.139. The summed E-state index contributed by atoms with van der Waals surface area (Å²) in [6.07, 6.45) is 0.875. The minimum atomic E-state index is -0.955. The van der Waals surface area contributed by atoms with Gasteiger partial charge in [0.1, 0.15) is 6.04 Å². The Morgan fingerprint density at radius 2 is 2.08 bits per heavy atom. The van der Waals surface area contributed by atoms with Crippen molar-refractivity contribution in [2.75, 3.05) is 13.1 Å². The molecule has 0 heterocycles. The Morgan fingerprint density at radius 3 is 2.54 bits per heavy atom. The van der Waals surface area contributed by atoms with Crippen LogP contribution >= 0.6 is 0 Å². The van der Waals surface area contributed by atoms with Crippen molar-refractivity contribution in [2.24, 2.45) is 0 Å². The smallest absolute Gasteiger partial charge is 0.320 e. The van der Waals surface area contributed by atoms with Gasteiger partial charge in [-0.15, -0.1) is 0 Å². The van der Waals surface area contributed by atoms with E-state index in [1.807, 2.05) is 6.92 Å². The van der Waals surface area contributed by atoms with Crippen LogP contribution in [-0.2, 0) is 9.59 Å².